The van der Waals surface area contributed by atoms with Crippen LogP contribution in [0, 0.1) is 0 Å². The molecule has 0 unspecified atom stereocenters. The first-order valence-electron chi connectivity index (χ1n) is 8.53. The van der Waals surface area contributed by atoms with Gasteiger partial charge in [0, 0.05) is 31.6 Å². The van der Waals surface area contributed by atoms with E-state index in [1.807, 2.05) is 6.07 Å². The van der Waals surface area contributed by atoms with E-state index in [0.29, 0.717) is 26.2 Å². The molecule has 2 aliphatic heterocycles. The average molecular weight is 344 g/mol. The highest BCUT2D eigenvalue weighted by Crippen LogP contribution is 2.21. The topological polar surface area (TPSA) is 107 Å². The number of aromatic nitrogens is 3. The van der Waals surface area contributed by atoms with Crippen LogP contribution in [0.3, 0.4) is 0 Å². The van der Waals surface area contributed by atoms with Crippen LogP contribution in [0.5, 0.6) is 0 Å². The fraction of sp³-hybridized carbons (Fsp3) is 0.500. The lowest BCUT2D eigenvalue weighted by molar-refractivity contribution is 0.0788. The minimum atomic E-state index is -0.293. The smallest absolute Gasteiger partial charge is 0.323 e. The summed E-state index contributed by atoms with van der Waals surface area (Å²) >= 11 is 0. The summed E-state index contributed by atoms with van der Waals surface area (Å²) in [5.41, 5.74) is 1.18. The van der Waals surface area contributed by atoms with Gasteiger partial charge in [-0.1, -0.05) is 0 Å². The highest BCUT2D eigenvalue weighted by molar-refractivity contribution is 6.00. The molecule has 9 nitrogen and oxygen atoms in total. The third-order valence-corrected chi connectivity index (χ3v) is 4.69. The number of nitrogens with zero attached hydrogens (tertiary/aromatic N) is 4. The number of hydrogen-bond acceptors (Lipinski definition) is 5. The molecule has 4 rings (SSSR count). The Morgan fingerprint density at radius 1 is 1.12 bits per heavy atom. The van der Waals surface area contributed by atoms with Crippen LogP contribution < -0.4 is 5.32 Å². The Morgan fingerprint density at radius 3 is 2.76 bits per heavy atom. The zero-order valence-corrected chi connectivity index (χ0v) is 13.8. The molecule has 0 radical (unpaired) electrons. The van der Waals surface area contributed by atoms with Gasteiger partial charge in [0.2, 0.25) is 0 Å². The third kappa shape index (κ3) is 3.09. The standard InChI is InChI=1S/C16H20N6O3/c23-15(21-6-1-2-7-21)13-14(19-20-18-13)17-16(24)22-8-3-4-12-11(10-22)5-9-25-12/h5,9H,1-4,6-8,10H2,(H2,17,18,19,20,24). The Kier molecular flexibility index (Phi) is 4.12. The van der Waals surface area contributed by atoms with Gasteiger partial charge in [0.15, 0.2) is 11.5 Å². The molecule has 3 amide bonds. The van der Waals surface area contributed by atoms with E-state index in [9.17, 15) is 9.59 Å². The lowest BCUT2D eigenvalue weighted by Gasteiger charge is -2.20. The van der Waals surface area contributed by atoms with E-state index in [2.05, 4.69) is 20.7 Å². The molecular weight excluding hydrogens is 324 g/mol. The molecule has 0 aromatic carbocycles. The number of carbonyl (C=O) groups is 2. The van der Waals surface area contributed by atoms with Gasteiger partial charge >= 0.3 is 6.03 Å². The molecule has 0 atom stereocenters. The second-order valence-electron chi connectivity index (χ2n) is 6.34. The van der Waals surface area contributed by atoms with Crippen LogP contribution in [-0.4, -0.2) is 56.8 Å². The van der Waals surface area contributed by atoms with Crippen LogP contribution in [0.25, 0.3) is 0 Å². The van der Waals surface area contributed by atoms with Crippen molar-refractivity contribution in [3.63, 3.8) is 0 Å². The van der Waals surface area contributed by atoms with Crippen LogP contribution in [0.4, 0.5) is 10.6 Å². The van der Waals surface area contributed by atoms with Crippen LogP contribution in [-0.2, 0) is 13.0 Å². The SMILES string of the molecule is O=C(Nc1n[nH]nc1C(=O)N1CCCC1)N1CCCc2occc2C1. The fourth-order valence-corrected chi connectivity index (χ4v) is 3.33. The maximum absolute atomic E-state index is 12.6. The number of rotatable bonds is 2. The quantitative estimate of drug-likeness (QED) is 0.861. The predicted molar refractivity (Wildman–Crippen MR) is 88.0 cm³/mol. The van der Waals surface area contributed by atoms with Crippen molar-refractivity contribution < 1.29 is 14.0 Å². The van der Waals surface area contributed by atoms with E-state index in [1.54, 1.807) is 16.1 Å². The first-order valence-corrected chi connectivity index (χ1v) is 8.53. The monoisotopic (exact) mass is 344 g/mol. The number of aromatic amines is 1. The molecule has 2 N–H and O–H groups in total. The molecule has 1 saturated heterocycles. The van der Waals surface area contributed by atoms with Crippen LogP contribution >= 0.6 is 0 Å². The summed E-state index contributed by atoms with van der Waals surface area (Å²) in [5.74, 6) is 0.912. The largest absolute Gasteiger partial charge is 0.469 e. The maximum Gasteiger partial charge on any atom is 0.323 e. The lowest BCUT2D eigenvalue weighted by atomic mass is 10.2. The second-order valence-corrected chi connectivity index (χ2v) is 6.34. The lowest BCUT2D eigenvalue weighted by Crippen LogP contribution is -2.35. The van der Waals surface area contributed by atoms with E-state index in [1.165, 1.54) is 0 Å². The summed E-state index contributed by atoms with van der Waals surface area (Å²) in [5, 5.41) is 13.0. The van der Waals surface area contributed by atoms with Crippen molar-refractivity contribution in [1.82, 2.24) is 25.2 Å². The molecule has 9 heteroatoms. The number of anilines is 1. The Balaban J connectivity index is 1.46. The number of fused-ring (bicyclic) bond motifs is 1. The van der Waals surface area contributed by atoms with Gasteiger partial charge in [0.1, 0.15) is 5.76 Å². The maximum atomic E-state index is 12.6. The molecule has 25 heavy (non-hydrogen) atoms. The van der Waals surface area contributed by atoms with Gasteiger partial charge in [0.05, 0.1) is 12.8 Å². The van der Waals surface area contributed by atoms with Gasteiger partial charge in [-0.15, -0.1) is 10.2 Å². The summed E-state index contributed by atoms with van der Waals surface area (Å²) in [7, 11) is 0. The summed E-state index contributed by atoms with van der Waals surface area (Å²) in [6.45, 7) is 2.52. The Labute approximate surface area is 144 Å². The van der Waals surface area contributed by atoms with E-state index in [4.69, 9.17) is 4.42 Å². The van der Waals surface area contributed by atoms with Crippen LogP contribution in [0.1, 0.15) is 41.1 Å². The van der Waals surface area contributed by atoms with Crippen molar-refractivity contribution in [3.05, 3.63) is 29.3 Å². The normalized spacial score (nSPS) is 17.3. The number of amides is 3. The number of H-pyrrole nitrogens is 1. The first kappa shape index (κ1) is 15.7. The highest BCUT2D eigenvalue weighted by atomic mass is 16.3. The minimum Gasteiger partial charge on any atom is -0.469 e. The predicted octanol–water partition coefficient (Wildman–Crippen LogP) is 1.61. The van der Waals surface area contributed by atoms with Gasteiger partial charge in [-0.2, -0.15) is 5.21 Å². The highest BCUT2D eigenvalue weighted by Gasteiger charge is 2.27. The summed E-state index contributed by atoms with van der Waals surface area (Å²) in [4.78, 5) is 28.5. The molecule has 1 fully saturated rings. The molecule has 0 spiro atoms. The Hall–Kier alpha value is -2.84. The number of aryl methyl sites for hydroxylation is 1. The molecule has 2 aromatic rings. The van der Waals surface area contributed by atoms with Crippen LogP contribution in [0.15, 0.2) is 16.7 Å². The zero-order chi connectivity index (χ0) is 17.2. The van der Waals surface area contributed by atoms with Gasteiger partial charge in [-0.25, -0.2) is 4.79 Å². The fourth-order valence-electron chi connectivity index (χ4n) is 3.33. The zero-order valence-electron chi connectivity index (χ0n) is 13.8. The number of nitrogens with one attached hydrogen (secondary N) is 2. The molecule has 0 aliphatic carbocycles. The average Bonchev–Trinajstić information content (AvgIpc) is 3.34. The molecule has 0 bridgehead atoms. The van der Waals surface area contributed by atoms with Gasteiger partial charge in [-0.05, 0) is 25.3 Å². The summed E-state index contributed by atoms with van der Waals surface area (Å²) in [6.07, 6.45) is 5.27. The molecule has 132 valence electrons. The molecule has 0 saturated carbocycles. The first-order chi connectivity index (χ1) is 12.2. The number of hydrogen-bond donors (Lipinski definition) is 2. The summed E-state index contributed by atoms with van der Waals surface area (Å²) < 4.78 is 5.44. The van der Waals surface area contributed by atoms with Crippen molar-refractivity contribution >= 4 is 17.8 Å². The van der Waals surface area contributed by atoms with Crippen molar-refractivity contribution in [2.24, 2.45) is 0 Å². The van der Waals surface area contributed by atoms with Crippen molar-refractivity contribution in [2.45, 2.75) is 32.2 Å². The van der Waals surface area contributed by atoms with E-state index in [0.717, 1.165) is 37.0 Å². The summed E-state index contributed by atoms with van der Waals surface area (Å²) in [6, 6.07) is 1.60. The van der Waals surface area contributed by atoms with E-state index in [-0.39, 0.29) is 23.5 Å². The third-order valence-electron chi connectivity index (χ3n) is 4.69. The van der Waals surface area contributed by atoms with Crippen LogP contribution in [0.2, 0.25) is 0 Å². The molecule has 4 heterocycles. The number of furan rings is 1. The van der Waals surface area contributed by atoms with E-state index >= 15 is 0 Å². The van der Waals surface area contributed by atoms with Crippen molar-refractivity contribution in [3.8, 4) is 0 Å². The second kappa shape index (κ2) is 6.58. The Morgan fingerprint density at radius 2 is 1.92 bits per heavy atom. The van der Waals surface area contributed by atoms with Crippen molar-refractivity contribution in [2.75, 3.05) is 25.0 Å². The van der Waals surface area contributed by atoms with Gasteiger partial charge < -0.3 is 14.2 Å². The number of urea groups is 1. The molecule has 2 aromatic heterocycles. The number of carbonyl (C=O) groups excluding carboxylic acids is 2. The van der Waals surface area contributed by atoms with Gasteiger partial charge in [0.25, 0.3) is 5.91 Å². The van der Waals surface area contributed by atoms with Gasteiger partial charge in [-0.3, -0.25) is 10.1 Å². The van der Waals surface area contributed by atoms with Crippen molar-refractivity contribution in [1.29, 1.82) is 0 Å². The number of likely N-dealkylation sites (tertiary alicyclic amines) is 1. The van der Waals surface area contributed by atoms with E-state index < -0.39 is 0 Å². The Bertz CT molecular complexity index is 776. The minimum absolute atomic E-state index is 0.161. The molecular formula is C16H20N6O3. The molecule has 2 aliphatic rings.